The van der Waals surface area contributed by atoms with Crippen molar-refractivity contribution in [2.45, 2.75) is 46.6 Å². The van der Waals surface area contributed by atoms with Gasteiger partial charge in [0.2, 0.25) is 5.95 Å². The maximum absolute atomic E-state index is 6.12. The van der Waals surface area contributed by atoms with Gasteiger partial charge in [-0.05, 0) is 25.2 Å². The van der Waals surface area contributed by atoms with E-state index in [0.717, 1.165) is 43.9 Å². The molecule has 21 heavy (non-hydrogen) atoms. The third-order valence-electron chi connectivity index (χ3n) is 3.83. The van der Waals surface area contributed by atoms with Gasteiger partial charge >= 0.3 is 0 Å². The van der Waals surface area contributed by atoms with Crippen molar-refractivity contribution in [1.29, 1.82) is 0 Å². The molecule has 1 aliphatic rings. The SMILES string of the molecule is CC1CN(c2nc(N)nc(N)c2CCC(C)(C)C)CCN1. The van der Waals surface area contributed by atoms with Crippen molar-refractivity contribution in [3.05, 3.63) is 5.56 Å². The first kappa shape index (κ1) is 15.8. The van der Waals surface area contributed by atoms with Crippen molar-refractivity contribution in [1.82, 2.24) is 15.3 Å². The number of rotatable bonds is 3. The van der Waals surface area contributed by atoms with Crippen molar-refractivity contribution >= 4 is 17.6 Å². The first-order valence-electron chi connectivity index (χ1n) is 7.66. The molecule has 1 aromatic rings. The van der Waals surface area contributed by atoms with Crippen LogP contribution < -0.4 is 21.7 Å². The number of anilines is 3. The van der Waals surface area contributed by atoms with Crippen LogP contribution in [0.3, 0.4) is 0 Å². The highest BCUT2D eigenvalue weighted by atomic mass is 15.3. The van der Waals surface area contributed by atoms with E-state index in [1.807, 2.05) is 0 Å². The van der Waals surface area contributed by atoms with Gasteiger partial charge in [0.25, 0.3) is 0 Å². The molecule has 1 fully saturated rings. The van der Waals surface area contributed by atoms with Gasteiger partial charge in [0.1, 0.15) is 11.6 Å². The Morgan fingerprint density at radius 2 is 2.00 bits per heavy atom. The molecule has 1 saturated heterocycles. The van der Waals surface area contributed by atoms with Crippen LogP contribution in [0.5, 0.6) is 0 Å². The van der Waals surface area contributed by atoms with Crippen LogP contribution in [-0.2, 0) is 6.42 Å². The molecule has 5 N–H and O–H groups in total. The Morgan fingerprint density at radius 1 is 1.29 bits per heavy atom. The Balaban J connectivity index is 2.29. The summed E-state index contributed by atoms with van der Waals surface area (Å²) in [6, 6.07) is 0.437. The van der Waals surface area contributed by atoms with Crippen molar-refractivity contribution in [2.75, 3.05) is 36.0 Å². The summed E-state index contributed by atoms with van der Waals surface area (Å²) < 4.78 is 0. The summed E-state index contributed by atoms with van der Waals surface area (Å²) in [5.41, 5.74) is 13.2. The standard InChI is InChI=1S/C15H28N6/c1-10-9-21(8-7-18-10)13-11(5-6-15(2,3)4)12(16)19-14(17)20-13/h10,18H,5-9H2,1-4H3,(H4,16,17,19,20). The normalized spacial score (nSPS) is 19.8. The molecular formula is C15H28N6. The first-order chi connectivity index (χ1) is 9.76. The summed E-state index contributed by atoms with van der Waals surface area (Å²) in [5.74, 6) is 1.69. The molecule has 118 valence electrons. The average Bonchev–Trinajstić information content (AvgIpc) is 2.35. The number of nitrogens with zero attached hydrogens (tertiary/aromatic N) is 3. The lowest BCUT2D eigenvalue weighted by molar-refractivity contribution is 0.378. The van der Waals surface area contributed by atoms with Crippen LogP contribution in [0.25, 0.3) is 0 Å². The molecule has 6 heteroatoms. The van der Waals surface area contributed by atoms with Crippen molar-refractivity contribution in [2.24, 2.45) is 5.41 Å². The van der Waals surface area contributed by atoms with Gasteiger partial charge in [-0.1, -0.05) is 20.8 Å². The summed E-state index contributed by atoms with van der Waals surface area (Å²) in [6.45, 7) is 11.6. The van der Waals surface area contributed by atoms with Crippen molar-refractivity contribution in [3.63, 3.8) is 0 Å². The van der Waals surface area contributed by atoms with E-state index < -0.39 is 0 Å². The van der Waals surface area contributed by atoms with Gasteiger partial charge in [-0.25, -0.2) is 0 Å². The maximum atomic E-state index is 6.12. The number of piperazine rings is 1. The van der Waals surface area contributed by atoms with E-state index >= 15 is 0 Å². The fourth-order valence-electron chi connectivity index (χ4n) is 2.63. The number of hydrogen-bond donors (Lipinski definition) is 3. The molecule has 2 heterocycles. The smallest absolute Gasteiger partial charge is 0.223 e. The predicted molar refractivity (Wildman–Crippen MR) is 88.3 cm³/mol. The Kier molecular flexibility index (Phi) is 4.56. The molecule has 0 aromatic carbocycles. The molecule has 0 saturated carbocycles. The van der Waals surface area contributed by atoms with Crippen molar-refractivity contribution < 1.29 is 0 Å². The van der Waals surface area contributed by atoms with Gasteiger partial charge in [0.05, 0.1) is 0 Å². The zero-order valence-electron chi connectivity index (χ0n) is 13.6. The van der Waals surface area contributed by atoms with E-state index in [1.165, 1.54) is 0 Å². The lowest BCUT2D eigenvalue weighted by Gasteiger charge is -2.34. The number of aromatic nitrogens is 2. The average molecular weight is 292 g/mol. The Bertz CT molecular complexity index is 494. The highest BCUT2D eigenvalue weighted by Crippen LogP contribution is 2.29. The Labute approximate surface area is 127 Å². The van der Waals surface area contributed by atoms with Crippen LogP contribution in [0.4, 0.5) is 17.6 Å². The van der Waals surface area contributed by atoms with Crippen LogP contribution in [0, 0.1) is 5.41 Å². The van der Waals surface area contributed by atoms with Gasteiger partial charge < -0.3 is 21.7 Å². The van der Waals surface area contributed by atoms with E-state index in [4.69, 9.17) is 11.5 Å². The molecule has 6 nitrogen and oxygen atoms in total. The van der Waals surface area contributed by atoms with Gasteiger partial charge in [0, 0.05) is 31.2 Å². The molecule has 1 aliphatic heterocycles. The summed E-state index contributed by atoms with van der Waals surface area (Å²) in [4.78, 5) is 10.9. The molecule has 1 aromatic heterocycles. The lowest BCUT2D eigenvalue weighted by atomic mass is 9.88. The molecule has 0 bridgehead atoms. The summed E-state index contributed by atoms with van der Waals surface area (Å²) in [5, 5.41) is 3.44. The van der Waals surface area contributed by atoms with Crippen LogP contribution >= 0.6 is 0 Å². The van der Waals surface area contributed by atoms with Gasteiger partial charge in [-0.15, -0.1) is 0 Å². The van der Waals surface area contributed by atoms with E-state index in [2.05, 4.69) is 47.9 Å². The van der Waals surface area contributed by atoms with E-state index in [1.54, 1.807) is 0 Å². The second-order valence-corrected chi connectivity index (χ2v) is 7.13. The molecule has 2 rings (SSSR count). The van der Waals surface area contributed by atoms with E-state index in [0.29, 0.717) is 11.9 Å². The minimum Gasteiger partial charge on any atom is -0.383 e. The van der Waals surface area contributed by atoms with Crippen LogP contribution in [0.2, 0.25) is 0 Å². The third-order valence-corrected chi connectivity index (χ3v) is 3.83. The molecule has 1 atom stereocenters. The molecule has 0 amide bonds. The predicted octanol–water partition coefficient (Wildman–Crippen LogP) is 1.42. The van der Waals surface area contributed by atoms with Gasteiger partial charge in [-0.3, -0.25) is 0 Å². The summed E-state index contributed by atoms with van der Waals surface area (Å²) in [6.07, 6.45) is 1.92. The zero-order chi connectivity index (χ0) is 15.6. The Morgan fingerprint density at radius 3 is 2.62 bits per heavy atom. The topological polar surface area (TPSA) is 93.1 Å². The van der Waals surface area contributed by atoms with E-state index in [-0.39, 0.29) is 11.4 Å². The maximum Gasteiger partial charge on any atom is 0.223 e. The van der Waals surface area contributed by atoms with Gasteiger partial charge in [-0.2, -0.15) is 9.97 Å². The molecule has 0 spiro atoms. The highest BCUT2D eigenvalue weighted by Gasteiger charge is 2.23. The molecule has 1 unspecified atom stereocenters. The van der Waals surface area contributed by atoms with Gasteiger partial charge in [0.15, 0.2) is 0 Å². The number of hydrogen-bond acceptors (Lipinski definition) is 6. The Hall–Kier alpha value is -1.56. The largest absolute Gasteiger partial charge is 0.383 e. The zero-order valence-corrected chi connectivity index (χ0v) is 13.6. The van der Waals surface area contributed by atoms with Crippen LogP contribution in [0.1, 0.15) is 39.7 Å². The highest BCUT2D eigenvalue weighted by molar-refractivity contribution is 5.60. The monoisotopic (exact) mass is 292 g/mol. The van der Waals surface area contributed by atoms with E-state index in [9.17, 15) is 0 Å². The number of nitrogens with two attached hydrogens (primary N) is 2. The summed E-state index contributed by atoms with van der Waals surface area (Å²) >= 11 is 0. The quantitative estimate of drug-likeness (QED) is 0.780. The van der Waals surface area contributed by atoms with Crippen molar-refractivity contribution in [3.8, 4) is 0 Å². The lowest BCUT2D eigenvalue weighted by Crippen LogP contribution is -2.50. The number of nitrogen functional groups attached to an aromatic ring is 2. The second-order valence-electron chi connectivity index (χ2n) is 7.13. The van der Waals surface area contributed by atoms with Crippen LogP contribution in [0.15, 0.2) is 0 Å². The minimum absolute atomic E-state index is 0.252. The first-order valence-corrected chi connectivity index (χ1v) is 7.66. The minimum atomic E-state index is 0.252. The molecule has 0 radical (unpaired) electrons. The fraction of sp³-hybridized carbons (Fsp3) is 0.733. The number of nitrogens with one attached hydrogen (secondary N) is 1. The molecular weight excluding hydrogens is 264 g/mol. The fourth-order valence-corrected chi connectivity index (χ4v) is 2.63. The second kappa shape index (κ2) is 6.05. The van der Waals surface area contributed by atoms with Crippen LogP contribution in [-0.4, -0.2) is 35.6 Å². The third kappa shape index (κ3) is 4.20. The molecule has 0 aliphatic carbocycles. The summed E-state index contributed by atoms with van der Waals surface area (Å²) in [7, 11) is 0.